The van der Waals surface area contributed by atoms with Crippen molar-refractivity contribution in [2.24, 2.45) is 5.73 Å². The molecule has 1 aromatic heterocycles. The second kappa shape index (κ2) is 6.14. The van der Waals surface area contributed by atoms with E-state index in [1.54, 1.807) is 12.1 Å². The number of nitrogens with two attached hydrogens (primary N) is 1. The highest BCUT2D eigenvalue weighted by molar-refractivity contribution is 7.92. The quantitative estimate of drug-likeness (QED) is 0.805. The highest BCUT2D eigenvalue weighted by Crippen LogP contribution is 2.14. The number of hydrogen-bond acceptors (Lipinski definition) is 5. The third-order valence-corrected chi connectivity index (χ3v) is 3.67. The fraction of sp³-hybridized carbons (Fsp3) is 0.0769. The average molecular weight is 288 g/mol. The zero-order valence-corrected chi connectivity index (χ0v) is 11.3. The monoisotopic (exact) mass is 288 g/mol. The van der Waals surface area contributed by atoms with Gasteiger partial charge in [-0.25, -0.2) is 13.4 Å². The Hall–Kier alpha value is -2.43. The Balaban J connectivity index is 2.22. The summed E-state index contributed by atoms with van der Waals surface area (Å²) in [5, 5.41) is 0. The molecule has 3 N–H and O–H groups in total. The summed E-state index contributed by atoms with van der Waals surface area (Å²) in [6, 6.07) is 6.18. The summed E-state index contributed by atoms with van der Waals surface area (Å²) in [5.74, 6) is 5.68. The third-order valence-electron chi connectivity index (χ3n) is 2.30. The minimum absolute atomic E-state index is 0.126. The van der Waals surface area contributed by atoms with Crippen molar-refractivity contribution in [2.45, 2.75) is 4.90 Å². The van der Waals surface area contributed by atoms with Crippen molar-refractivity contribution >= 4 is 15.8 Å². The second-order valence-corrected chi connectivity index (χ2v) is 5.41. The molecule has 6 nitrogen and oxygen atoms in total. The van der Waals surface area contributed by atoms with Gasteiger partial charge in [-0.2, -0.15) is 0 Å². The summed E-state index contributed by atoms with van der Waals surface area (Å²) in [6.45, 7) is 0.258. The van der Waals surface area contributed by atoms with Crippen LogP contribution in [0.1, 0.15) is 5.56 Å². The van der Waals surface area contributed by atoms with E-state index in [4.69, 9.17) is 5.73 Å². The zero-order valence-electron chi connectivity index (χ0n) is 10.4. The van der Waals surface area contributed by atoms with Crippen molar-refractivity contribution < 1.29 is 8.42 Å². The van der Waals surface area contributed by atoms with E-state index < -0.39 is 10.0 Å². The van der Waals surface area contributed by atoms with Crippen LogP contribution in [-0.2, 0) is 10.0 Å². The van der Waals surface area contributed by atoms with Crippen LogP contribution in [0.15, 0.2) is 47.8 Å². The second-order valence-electron chi connectivity index (χ2n) is 3.73. The first-order valence-electron chi connectivity index (χ1n) is 5.69. The van der Waals surface area contributed by atoms with E-state index in [1.165, 1.54) is 30.7 Å². The van der Waals surface area contributed by atoms with Crippen LogP contribution in [0.3, 0.4) is 0 Å². The standard InChI is InChI=1S/C13H12N4O2S/c14-7-1-2-11-3-5-12(6-4-11)20(18,19)17-13-10-15-8-9-16-13/h3-6,8-10H,7,14H2,(H,16,17). The minimum Gasteiger partial charge on any atom is -0.320 e. The van der Waals surface area contributed by atoms with Crippen LogP contribution in [0, 0.1) is 11.8 Å². The van der Waals surface area contributed by atoms with Gasteiger partial charge in [0.25, 0.3) is 10.0 Å². The van der Waals surface area contributed by atoms with E-state index in [-0.39, 0.29) is 17.3 Å². The number of anilines is 1. The van der Waals surface area contributed by atoms with Gasteiger partial charge in [0.15, 0.2) is 5.82 Å². The van der Waals surface area contributed by atoms with Crippen molar-refractivity contribution in [3.8, 4) is 11.8 Å². The van der Waals surface area contributed by atoms with Crippen LogP contribution in [0.4, 0.5) is 5.82 Å². The molecule has 0 atom stereocenters. The lowest BCUT2D eigenvalue weighted by Gasteiger charge is -2.06. The molecule has 20 heavy (non-hydrogen) atoms. The van der Waals surface area contributed by atoms with Gasteiger partial charge in [-0.05, 0) is 24.3 Å². The number of hydrogen-bond donors (Lipinski definition) is 2. The summed E-state index contributed by atoms with van der Waals surface area (Å²) in [7, 11) is -3.68. The van der Waals surface area contributed by atoms with Gasteiger partial charge in [0, 0.05) is 18.0 Å². The van der Waals surface area contributed by atoms with Crippen molar-refractivity contribution in [2.75, 3.05) is 11.3 Å². The molecule has 102 valence electrons. The Labute approximate surface area is 117 Å². The van der Waals surface area contributed by atoms with Crippen LogP contribution in [-0.4, -0.2) is 24.9 Å². The molecule has 1 aromatic carbocycles. The Bertz CT molecular complexity index is 731. The predicted octanol–water partition coefficient (Wildman–Crippen LogP) is 0.588. The van der Waals surface area contributed by atoms with E-state index in [0.717, 1.165) is 0 Å². The van der Waals surface area contributed by atoms with E-state index in [0.29, 0.717) is 5.56 Å². The molecule has 0 aliphatic heterocycles. The Morgan fingerprint density at radius 3 is 2.55 bits per heavy atom. The van der Waals surface area contributed by atoms with Crippen molar-refractivity contribution in [3.05, 3.63) is 48.4 Å². The van der Waals surface area contributed by atoms with Crippen molar-refractivity contribution in [1.29, 1.82) is 0 Å². The SMILES string of the molecule is NCC#Cc1ccc(S(=O)(=O)Nc2cnccn2)cc1. The van der Waals surface area contributed by atoms with Gasteiger partial charge in [-0.15, -0.1) is 0 Å². The molecule has 2 rings (SSSR count). The topological polar surface area (TPSA) is 98.0 Å². The number of aromatic nitrogens is 2. The van der Waals surface area contributed by atoms with Crippen LogP contribution >= 0.6 is 0 Å². The van der Waals surface area contributed by atoms with Gasteiger partial charge in [-0.1, -0.05) is 11.8 Å². The summed E-state index contributed by atoms with van der Waals surface area (Å²) >= 11 is 0. The highest BCUT2D eigenvalue weighted by Gasteiger charge is 2.14. The van der Waals surface area contributed by atoms with Crippen LogP contribution in [0.2, 0.25) is 0 Å². The molecule has 0 amide bonds. The van der Waals surface area contributed by atoms with Gasteiger partial charge >= 0.3 is 0 Å². The third kappa shape index (κ3) is 3.54. The average Bonchev–Trinajstić information content (AvgIpc) is 2.46. The molecule has 0 radical (unpaired) electrons. The maximum atomic E-state index is 12.1. The Morgan fingerprint density at radius 1 is 1.20 bits per heavy atom. The fourth-order valence-electron chi connectivity index (χ4n) is 1.42. The van der Waals surface area contributed by atoms with E-state index in [1.807, 2.05) is 0 Å². The predicted molar refractivity (Wildman–Crippen MR) is 75.2 cm³/mol. The number of benzene rings is 1. The number of sulfonamides is 1. The van der Waals surface area contributed by atoms with Gasteiger partial charge < -0.3 is 5.73 Å². The number of rotatable bonds is 3. The zero-order chi connectivity index (χ0) is 14.4. The van der Waals surface area contributed by atoms with Gasteiger partial charge in [0.1, 0.15) is 0 Å². The Morgan fingerprint density at radius 2 is 1.95 bits per heavy atom. The molecule has 0 unspecified atom stereocenters. The number of nitrogens with one attached hydrogen (secondary N) is 1. The Kier molecular flexibility index (Phi) is 4.30. The summed E-state index contributed by atoms with van der Waals surface area (Å²) in [6.07, 6.45) is 4.20. The van der Waals surface area contributed by atoms with E-state index >= 15 is 0 Å². The van der Waals surface area contributed by atoms with E-state index in [2.05, 4.69) is 26.5 Å². The lowest BCUT2D eigenvalue weighted by Crippen LogP contribution is -2.13. The first-order chi connectivity index (χ1) is 9.62. The molecule has 0 spiro atoms. The maximum Gasteiger partial charge on any atom is 0.263 e. The molecule has 7 heteroatoms. The van der Waals surface area contributed by atoms with Gasteiger partial charge in [-0.3, -0.25) is 9.71 Å². The highest BCUT2D eigenvalue weighted by atomic mass is 32.2. The molecular formula is C13H12N4O2S. The first-order valence-corrected chi connectivity index (χ1v) is 7.18. The summed E-state index contributed by atoms with van der Waals surface area (Å²) in [5.41, 5.74) is 5.97. The maximum absolute atomic E-state index is 12.1. The van der Waals surface area contributed by atoms with Crippen LogP contribution in [0.25, 0.3) is 0 Å². The smallest absolute Gasteiger partial charge is 0.263 e. The summed E-state index contributed by atoms with van der Waals surface area (Å²) < 4.78 is 26.5. The normalized spacial score (nSPS) is 10.4. The molecule has 1 heterocycles. The molecule has 2 aromatic rings. The summed E-state index contributed by atoms with van der Waals surface area (Å²) in [4.78, 5) is 7.78. The molecule has 0 saturated heterocycles. The van der Waals surface area contributed by atoms with Crippen LogP contribution < -0.4 is 10.5 Å². The van der Waals surface area contributed by atoms with Gasteiger partial charge in [0.05, 0.1) is 17.6 Å². The first kappa shape index (κ1) is 14.0. The van der Waals surface area contributed by atoms with Crippen LogP contribution in [0.5, 0.6) is 0 Å². The van der Waals surface area contributed by atoms with Gasteiger partial charge in [0.2, 0.25) is 0 Å². The lowest BCUT2D eigenvalue weighted by atomic mass is 10.2. The number of nitrogens with zero attached hydrogens (tertiary/aromatic N) is 2. The largest absolute Gasteiger partial charge is 0.320 e. The minimum atomic E-state index is -3.68. The van der Waals surface area contributed by atoms with Crippen molar-refractivity contribution in [1.82, 2.24) is 9.97 Å². The van der Waals surface area contributed by atoms with E-state index in [9.17, 15) is 8.42 Å². The fourth-order valence-corrected chi connectivity index (χ4v) is 2.41. The molecule has 0 bridgehead atoms. The lowest BCUT2D eigenvalue weighted by molar-refractivity contribution is 0.601. The molecule has 0 aliphatic carbocycles. The van der Waals surface area contributed by atoms with Crippen molar-refractivity contribution in [3.63, 3.8) is 0 Å². The molecule has 0 saturated carbocycles. The molecule has 0 aliphatic rings. The molecular weight excluding hydrogens is 276 g/mol. The molecule has 0 fully saturated rings.